The molecule has 1 aromatic heterocycles. The van der Waals surface area contributed by atoms with E-state index in [0.717, 1.165) is 18.8 Å². The van der Waals surface area contributed by atoms with Crippen LogP contribution in [0.4, 0.5) is 5.82 Å². The molecular formula is C10H16N4O2. The van der Waals surface area contributed by atoms with E-state index in [-0.39, 0.29) is 11.9 Å². The molecule has 0 saturated heterocycles. The second kappa shape index (κ2) is 4.51. The molecule has 0 unspecified atom stereocenters. The highest BCUT2D eigenvalue weighted by Crippen LogP contribution is 2.24. The summed E-state index contributed by atoms with van der Waals surface area (Å²) in [7, 11) is 0. The third-order valence-corrected chi connectivity index (χ3v) is 3.07. The average Bonchev–Trinajstić information content (AvgIpc) is 2.25. The highest BCUT2D eigenvalue weighted by Gasteiger charge is 2.19. The van der Waals surface area contributed by atoms with Crippen molar-refractivity contribution in [3.8, 4) is 0 Å². The van der Waals surface area contributed by atoms with Gasteiger partial charge in [0, 0.05) is 6.04 Å². The molecule has 2 rings (SSSR count). The minimum absolute atomic E-state index is 0.208. The lowest BCUT2D eigenvalue weighted by Gasteiger charge is -2.26. The van der Waals surface area contributed by atoms with Crippen LogP contribution in [0.25, 0.3) is 0 Å². The van der Waals surface area contributed by atoms with Gasteiger partial charge in [-0.1, -0.05) is 6.92 Å². The Morgan fingerprint density at radius 3 is 2.56 bits per heavy atom. The summed E-state index contributed by atoms with van der Waals surface area (Å²) in [4.78, 5) is 24.3. The van der Waals surface area contributed by atoms with Gasteiger partial charge in [0.25, 0.3) is 5.56 Å². The van der Waals surface area contributed by atoms with Crippen molar-refractivity contribution in [1.82, 2.24) is 15.2 Å². The Labute approximate surface area is 92.5 Å². The molecule has 16 heavy (non-hydrogen) atoms. The van der Waals surface area contributed by atoms with Crippen molar-refractivity contribution < 1.29 is 0 Å². The molecule has 1 aromatic rings. The van der Waals surface area contributed by atoms with E-state index in [9.17, 15) is 9.59 Å². The van der Waals surface area contributed by atoms with Crippen LogP contribution in [0.3, 0.4) is 0 Å². The minimum atomic E-state index is -0.576. The molecule has 3 N–H and O–H groups in total. The first-order valence-electron chi connectivity index (χ1n) is 5.60. The van der Waals surface area contributed by atoms with Crippen molar-refractivity contribution >= 4 is 5.82 Å². The van der Waals surface area contributed by atoms with Crippen molar-refractivity contribution in [2.75, 3.05) is 5.32 Å². The Morgan fingerprint density at radius 2 is 1.94 bits per heavy atom. The van der Waals surface area contributed by atoms with Gasteiger partial charge in [0.1, 0.15) is 0 Å². The summed E-state index contributed by atoms with van der Waals surface area (Å²) in [5, 5.41) is 8.99. The number of anilines is 1. The molecule has 0 radical (unpaired) electrons. The van der Waals surface area contributed by atoms with Crippen LogP contribution in [0.1, 0.15) is 32.6 Å². The fourth-order valence-electron chi connectivity index (χ4n) is 2.04. The Balaban J connectivity index is 2.04. The van der Waals surface area contributed by atoms with E-state index in [1.54, 1.807) is 0 Å². The van der Waals surface area contributed by atoms with Crippen LogP contribution in [0.15, 0.2) is 9.59 Å². The molecule has 0 aliphatic heterocycles. The lowest BCUT2D eigenvalue weighted by Crippen LogP contribution is -2.32. The Morgan fingerprint density at radius 1 is 1.25 bits per heavy atom. The predicted molar refractivity (Wildman–Crippen MR) is 60.5 cm³/mol. The Bertz CT molecular complexity index is 456. The van der Waals surface area contributed by atoms with Gasteiger partial charge < -0.3 is 5.32 Å². The summed E-state index contributed by atoms with van der Waals surface area (Å²) < 4.78 is 0. The maximum atomic E-state index is 11.4. The lowest BCUT2D eigenvalue weighted by atomic mass is 9.87. The molecule has 1 aliphatic rings. The molecule has 0 spiro atoms. The van der Waals surface area contributed by atoms with Crippen molar-refractivity contribution in [1.29, 1.82) is 0 Å². The molecule has 1 saturated carbocycles. The third-order valence-electron chi connectivity index (χ3n) is 3.07. The second-order valence-corrected chi connectivity index (χ2v) is 4.46. The maximum Gasteiger partial charge on any atom is 0.342 e. The zero-order valence-corrected chi connectivity index (χ0v) is 9.25. The van der Waals surface area contributed by atoms with Gasteiger partial charge in [0.15, 0.2) is 0 Å². The SMILES string of the molecule is CC1CCC(Nc2n[nH]c(=O)[nH]c2=O)CC1. The number of hydrogen-bond donors (Lipinski definition) is 3. The highest BCUT2D eigenvalue weighted by atomic mass is 16.2. The van der Waals surface area contributed by atoms with Crippen LogP contribution in [-0.2, 0) is 0 Å². The Kier molecular flexibility index (Phi) is 3.07. The van der Waals surface area contributed by atoms with E-state index in [0.29, 0.717) is 0 Å². The van der Waals surface area contributed by atoms with Crippen molar-refractivity contribution in [2.45, 2.75) is 38.6 Å². The molecule has 6 heteroatoms. The summed E-state index contributed by atoms with van der Waals surface area (Å²) >= 11 is 0. The summed E-state index contributed by atoms with van der Waals surface area (Å²) in [6.45, 7) is 2.24. The molecule has 1 fully saturated rings. The number of H-pyrrole nitrogens is 2. The monoisotopic (exact) mass is 224 g/mol. The first-order valence-corrected chi connectivity index (χ1v) is 5.60. The fraction of sp³-hybridized carbons (Fsp3) is 0.700. The maximum absolute atomic E-state index is 11.4. The zero-order chi connectivity index (χ0) is 11.5. The van der Waals surface area contributed by atoms with E-state index in [1.807, 2.05) is 0 Å². The molecule has 0 atom stereocenters. The smallest absolute Gasteiger partial charge is 0.342 e. The van der Waals surface area contributed by atoms with Gasteiger partial charge in [-0.3, -0.25) is 9.78 Å². The number of nitrogens with zero attached hydrogens (tertiary/aromatic N) is 1. The quantitative estimate of drug-likeness (QED) is 0.680. The summed E-state index contributed by atoms with van der Waals surface area (Å²) in [5.41, 5.74) is -1.03. The third kappa shape index (κ3) is 2.50. The van der Waals surface area contributed by atoms with Crippen molar-refractivity contribution in [3.05, 3.63) is 20.8 Å². The molecular weight excluding hydrogens is 208 g/mol. The standard InChI is InChI=1S/C10H16N4O2/c1-6-2-4-7(5-3-6)11-8-9(15)12-10(16)14-13-8/h6-7H,2-5H2,1H3,(H,11,13)(H2,12,14,15,16). The minimum Gasteiger partial charge on any atom is -0.361 e. The average molecular weight is 224 g/mol. The number of rotatable bonds is 2. The molecule has 0 aromatic carbocycles. The molecule has 1 heterocycles. The highest BCUT2D eigenvalue weighted by molar-refractivity contribution is 5.30. The van der Waals surface area contributed by atoms with Crippen LogP contribution < -0.4 is 16.6 Å². The van der Waals surface area contributed by atoms with Gasteiger partial charge in [-0.15, -0.1) is 5.10 Å². The molecule has 88 valence electrons. The molecule has 0 amide bonds. The van der Waals surface area contributed by atoms with Crippen LogP contribution >= 0.6 is 0 Å². The van der Waals surface area contributed by atoms with Gasteiger partial charge in [-0.05, 0) is 31.6 Å². The summed E-state index contributed by atoms with van der Waals surface area (Å²) in [6.07, 6.45) is 4.42. The van der Waals surface area contributed by atoms with Gasteiger partial charge in [-0.25, -0.2) is 9.89 Å². The topological polar surface area (TPSA) is 90.6 Å². The number of hydrogen-bond acceptors (Lipinski definition) is 4. The fourth-order valence-corrected chi connectivity index (χ4v) is 2.04. The van der Waals surface area contributed by atoms with Gasteiger partial charge in [0.2, 0.25) is 5.82 Å². The summed E-state index contributed by atoms with van der Waals surface area (Å²) in [5.74, 6) is 0.971. The zero-order valence-electron chi connectivity index (χ0n) is 9.25. The second-order valence-electron chi connectivity index (χ2n) is 4.46. The number of aromatic nitrogens is 3. The van der Waals surface area contributed by atoms with Crippen molar-refractivity contribution in [2.24, 2.45) is 5.92 Å². The summed E-state index contributed by atoms with van der Waals surface area (Å²) in [6, 6.07) is 0.288. The van der Waals surface area contributed by atoms with Crippen LogP contribution in [0, 0.1) is 5.92 Å². The van der Waals surface area contributed by atoms with Gasteiger partial charge in [-0.2, -0.15) is 0 Å². The number of aromatic amines is 2. The van der Waals surface area contributed by atoms with Crippen LogP contribution in [0.2, 0.25) is 0 Å². The van der Waals surface area contributed by atoms with Crippen LogP contribution in [0.5, 0.6) is 0 Å². The molecule has 6 nitrogen and oxygen atoms in total. The largest absolute Gasteiger partial charge is 0.361 e. The first kappa shape index (κ1) is 10.9. The molecule has 1 aliphatic carbocycles. The van der Waals surface area contributed by atoms with Gasteiger partial charge >= 0.3 is 5.69 Å². The van der Waals surface area contributed by atoms with Crippen molar-refractivity contribution in [3.63, 3.8) is 0 Å². The van der Waals surface area contributed by atoms with E-state index in [1.165, 1.54) is 12.8 Å². The normalized spacial score (nSPS) is 25.3. The van der Waals surface area contributed by atoms with E-state index >= 15 is 0 Å². The predicted octanol–water partition coefficient (Wildman–Crippen LogP) is 0.449. The van der Waals surface area contributed by atoms with E-state index in [2.05, 4.69) is 27.4 Å². The lowest BCUT2D eigenvalue weighted by molar-refractivity contribution is 0.360. The van der Waals surface area contributed by atoms with E-state index in [4.69, 9.17) is 0 Å². The van der Waals surface area contributed by atoms with E-state index < -0.39 is 11.2 Å². The first-order chi connectivity index (χ1) is 7.65. The molecule has 0 bridgehead atoms. The van der Waals surface area contributed by atoms with Crippen LogP contribution in [-0.4, -0.2) is 21.2 Å². The van der Waals surface area contributed by atoms with Gasteiger partial charge in [0.05, 0.1) is 0 Å². The number of nitrogens with one attached hydrogen (secondary N) is 3. The Hall–Kier alpha value is -1.59.